The molecule has 1 amide bonds. The van der Waals surface area contributed by atoms with Crippen molar-refractivity contribution in [1.82, 2.24) is 15.1 Å². The van der Waals surface area contributed by atoms with Crippen LogP contribution in [0.15, 0.2) is 84.9 Å². The fraction of sp³-hybridized carbons (Fsp3) is 0.182. The van der Waals surface area contributed by atoms with Crippen LogP contribution in [-0.4, -0.2) is 35.1 Å². The van der Waals surface area contributed by atoms with Crippen molar-refractivity contribution in [2.75, 3.05) is 13.7 Å². The van der Waals surface area contributed by atoms with E-state index in [2.05, 4.69) is 30.4 Å². The van der Waals surface area contributed by atoms with Gasteiger partial charge in [-0.3, -0.25) is 14.3 Å². The molecule has 1 aromatic heterocycles. The molecule has 0 unspecified atom stereocenters. The Hall–Kier alpha value is -4.13. The molecule has 5 aromatic rings. The number of ketones is 1. The first-order chi connectivity index (χ1) is 19.7. The van der Waals surface area contributed by atoms with E-state index in [0.717, 1.165) is 44.6 Å². The number of nitrogens with one attached hydrogen (secondary N) is 1. The van der Waals surface area contributed by atoms with Gasteiger partial charge in [-0.05, 0) is 84.8 Å². The van der Waals surface area contributed by atoms with Crippen molar-refractivity contribution in [2.45, 2.75) is 26.3 Å². The maximum Gasteiger partial charge on any atom is 0.251 e. The second kappa shape index (κ2) is 12.2. The van der Waals surface area contributed by atoms with Gasteiger partial charge in [-0.15, -0.1) is 0 Å². The zero-order valence-electron chi connectivity index (χ0n) is 22.9. The minimum atomic E-state index is -0.210. The summed E-state index contributed by atoms with van der Waals surface area (Å²) in [7, 11) is 1.66. The first-order valence-corrected chi connectivity index (χ1v) is 14.0. The van der Waals surface area contributed by atoms with Gasteiger partial charge >= 0.3 is 0 Å². The van der Waals surface area contributed by atoms with Crippen molar-refractivity contribution in [3.63, 3.8) is 0 Å². The molecule has 0 aliphatic carbocycles. The molecule has 41 heavy (non-hydrogen) atoms. The molecular weight excluding hydrogens is 557 g/mol. The van der Waals surface area contributed by atoms with Crippen LogP contribution in [0.2, 0.25) is 10.0 Å². The lowest BCUT2D eigenvalue weighted by molar-refractivity contribution is -0.116. The van der Waals surface area contributed by atoms with Gasteiger partial charge in [0.05, 0.1) is 24.5 Å². The monoisotopic (exact) mass is 585 g/mol. The molecule has 1 heterocycles. The van der Waals surface area contributed by atoms with Gasteiger partial charge in [-0.2, -0.15) is 5.10 Å². The number of Topliss-reactive ketones (excluding diaryl/α,β-unsaturated/α-hetero) is 1. The number of methoxy groups -OCH3 is 1. The number of ether oxygens (including phenoxy) is 1. The van der Waals surface area contributed by atoms with E-state index in [1.807, 2.05) is 53.2 Å². The molecule has 4 aromatic carbocycles. The van der Waals surface area contributed by atoms with Crippen molar-refractivity contribution in [2.24, 2.45) is 0 Å². The van der Waals surface area contributed by atoms with E-state index in [1.165, 1.54) is 6.92 Å². The Balaban J connectivity index is 1.53. The van der Waals surface area contributed by atoms with Crippen molar-refractivity contribution < 1.29 is 14.3 Å². The van der Waals surface area contributed by atoms with Crippen molar-refractivity contribution in [3.8, 4) is 28.3 Å². The molecule has 8 heteroatoms. The minimum absolute atomic E-state index is 0.0371. The molecule has 0 aliphatic heterocycles. The number of benzene rings is 4. The third-order valence-electron chi connectivity index (χ3n) is 7.02. The molecule has 0 radical (unpaired) electrons. The molecule has 1 atom stereocenters. The van der Waals surface area contributed by atoms with Crippen LogP contribution in [0.3, 0.4) is 0 Å². The summed E-state index contributed by atoms with van der Waals surface area (Å²) in [6.45, 7) is 3.89. The smallest absolute Gasteiger partial charge is 0.251 e. The lowest BCUT2D eigenvalue weighted by Gasteiger charge is -2.17. The van der Waals surface area contributed by atoms with E-state index in [1.54, 1.807) is 25.3 Å². The maximum atomic E-state index is 12.5. The summed E-state index contributed by atoms with van der Waals surface area (Å²) in [5.74, 6) is 0.633. The van der Waals surface area contributed by atoms with E-state index >= 15 is 0 Å². The quantitative estimate of drug-likeness (QED) is 0.190. The van der Waals surface area contributed by atoms with Crippen LogP contribution < -0.4 is 10.1 Å². The average molecular weight is 587 g/mol. The number of carbonyl (C=O) groups excluding carboxylic acids is 2. The number of halogens is 2. The van der Waals surface area contributed by atoms with Crippen LogP contribution in [-0.2, 0) is 4.79 Å². The largest absolute Gasteiger partial charge is 0.497 e. The number of carbonyl (C=O) groups is 2. The van der Waals surface area contributed by atoms with Gasteiger partial charge in [-0.25, -0.2) is 0 Å². The second-order valence-electron chi connectivity index (χ2n) is 9.95. The average Bonchev–Trinajstić information content (AvgIpc) is 3.41. The highest BCUT2D eigenvalue weighted by Crippen LogP contribution is 2.35. The van der Waals surface area contributed by atoms with E-state index < -0.39 is 0 Å². The van der Waals surface area contributed by atoms with Gasteiger partial charge in [0.15, 0.2) is 0 Å². The molecule has 6 nitrogen and oxygen atoms in total. The summed E-state index contributed by atoms with van der Waals surface area (Å²) in [5, 5.41) is 11.0. The Morgan fingerprint density at radius 2 is 1.56 bits per heavy atom. The van der Waals surface area contributed by atoms with Gasteiger partial charge < -0.3 is 10.1 Å². The molecule has 0 spiro atoms. The predicted octanol–water partition coefficient (Wildman–Crippen LogP) is 8.00. The predicted molar refractivity (Wildman–Crippen MR) is 165 cm³/mol. The van der Waals surface area contributed by atoms with Crippen molar-refractivity contribution in [3.05, 3.63) is 106 Å². The number of rotatable bonds is 9. The van der Waals surface area contributed by atoms with E-state index in [0.29, 0.717) is 28.6 Å². The Morgan fingerprint density at radius 1 is 0.878 bits per heavy atom. The summed E-state index contributed by atoms with van der Waals surface area (Å²) in [6, 6.07) is 27.0. The van der Waals surface area contributed by atoms with Gasteiger partial charge in [0.25, 0.3) is 5.91 Å². The molecule has 5 rings (SSSR count). The Bertz CT molecular complexity index is 1730. The second-order valence-corrected chi connectivity index (χ2v) is 10.8. The number of hydrogen-bond acceptors (Lipinski definition) is 4. The number of aromatic nitrogens is 2. The third kappa shape index (κ3) is 6.45. The SMILES string of the molecule is COc1ccc2cc(-c3cc(-c4cc(Cl)cc(Cl)c4)nn3[C@@H](C)c3ccc(C(=O)NCCC(C)=O)cc3)ccc2c1. The maximum absolute atomic E-state index is 12.5. The van der Waals surface area contributed by atoms with E-state index in [4.69, 9.17) is 33.0 Å². The summed E-state index contributed by atoms with van der Waals surface area (Å²) >= 11 is 12.6. The number of fused-ring (bicyclic) bond motifs is 1. The first kappa shape index (κ1) is 28.4. The summed E-state index contributed by atoms with van der Waals surface area (Å²) in [5.41, 5.74) is 5.00. The molecule has 0 fully saturated rings. The Labute approximate surface area is 248 Å². The summed E-state index contributed by atoms with van der Waals surface area (Å²) in [4.78, 5) is 23.7. The molecule has 0 aliphatic rings. The number of hydrogen-bond donors (Lipinski definition) is 1. The van der Waals surface area contributed by atoms with E-state index in [9.17, 15) is 9.59 Å². The van der Waals surface area contributed by atoms with Crippen molar-refractivity contribution in [1.29, 1.82) is 0 Å². The molecule has 0 saturated carbocycles. The van der Waals surface area contributed by atoms with Crippen LogP contribution in [0, 0.1) is 0 Å². The molecular formula is C33H29Cl2N3O3. The first-order valence-electron chi connectivity index (χ1n) is 13.2. The molecule has 0 bridgehead atoms. The van der Waals surface area contributed by atoms with Crippen LogP contribution in [0.5, 0.6) is 5.75 Å². The lowest BCUT2D eigenvalue weighted by atomic mass is 10.0. The Morgan fingerprint density at radius 3 is 2.24 bits per heavy atom. The standard InChI is InChI=1S/C33H29Cl2N3O3/c1-20(39)12-13-36-33(40)23-6-4-22(5-7-23)21(2)38-32(19-31(37-38)27-15-28(34)18-29(35)16-27)26-9-8-25-17-30(41-3)11-10-24(25)14-26/h4-11,14-19,21H,12-13H2,1-3H3,(H,36,40)/t21-/m0/s1. The molecule has 0 saturated heterocycles. The van der Waals surface area contributed by atoms with Gasteiger partial charge in [-0.1, -0.05) is 53.5 Å². The third-order valence-corrected chi connectivity index (χ3v) is 7.46. The van der Waals surface area contributed by atoms with Crippen LogP contribution in [0.25, 0.3) is 33.3 Å². The summed E-state index contributed by atoms with van der Waals surface area (Å²) < 4.78 is 7.37. The fourth-order valence-corrected chi connectivity index (χ4v) is 5.29. The fourth-order valence-electron chi connectivity index (χ4n) is 4.77. The Kier molecular flexibility index (Phi) is 8.43. The van der Waals surface area contributed by atoms with E-state index in [-0.39, 0.29) is 17.7 Å². The normalized spacial score (nSPS) is 11.8. The van der Waals surface area contributed by atoms with Gasteiger partial charge in [0, 0.05) is 39.7 Å². The molecule has 208 valence electrons. The zero-order chi connectivity index (χ0) is 29.1. The highest BCUT2D eigenvalue weighted by atomic mass is 35.5. The van der Waals surface area contributed by atoms with Crippen LogP contribution in [0.1, 0.15) is 42.2 Å². The highest BCUT2D eigenvalue weighted by molar-refractivity contribution is 6.35. The van der Waals surface area contributed by atoms with Crippen LogP contribution >= 0.6 is 23.2 Å². The topological polar surface area (TPSA) is 73.2 Å². The summed E-state index contributed by atoms with van der Waals surface area (Å²) in [6.07, 6.45) is 0.311. The minimum Gasteiger partial charge on any atom is -0.497 e. The highest BCUT2D eigenvalue weighted by Gasteiger charge is 2.19. The van der Waals surface area contributed by atoms with Crippen molar-refractivity contribution >= 4 is 45.7 Å². The van der Waals surface area contributed by atoms with Gasteiger partial charge in [0.1, 0.15) is 11.5 Å². The van der Waals surface area contributed by atoms with Crippen LogP contribution in [0.4, 0.5) is 0 Å². The zero-order valence-corrected chi connectivity index (χ0v) is 24.5. The lowest BCUT2D eigenvalue weighted by Crippen LogP contribution is -2.25. The number of amides is 1. The van der Waals surface area contributed by atoms with Gasteiger partial charge in [0.2, 0.25) is 0 Å². The molecule has 1 N–H and O–H groups in total. The number of nitrogens with zero attached hydrogens (tertiary/aromatic N) is 2.